The number of rotatable bonds is 3. The van der Waals surface area contributed by atoms with Gasteiger partial charge in [-0.2, -0.15) is 0 Å². The molecule has 0 radical (unpaired) electrons. The summed E-state index contributed by atoms with van der Waals surface area (Å²) >= 11 is 0. The molecule has 0 fully saturated rings. The van der Waals surface area contributed by atoms with Gasteiger partial charge >= 0.3 is 0 Å². The zero-order valence-electron chi connectivity index (χ0n) is 8.17. The summed E-state index contributed by atoms with van der Waals surface area (Å²) in [5, 5.41) is 4.97. The van der Waals surface area contributed by atoms with E-state index in [-0.39, 0.29) is 5.56 Å². The van der Waals surface area contributed by atoms with Crippen LogP contribution in [0, 0.1) is 0 Å². The molecule has 0 saturated carbocycles. The Morgan fingerprint density at radius 2 is 1.73 bits per heavy atom. The van der Waals surface area contributed by atoms with Crippen LogP contribution in [-0.4, -0.2) is 14.2 Å². The Bertz CT molecular complexity index is 469. The summed E-state index contributed by atoms with van der Waals surface area (Å²) in [4.78, 5) is 9.17. The molecule has 0 spiro atoms. The predicted molar refractivity (Wildman–Crippen MR) is 56.1 cm³/mol. The molecule has 0 aliphatic carbocycles. The molecule has 1 aromatic carbocycles. The fourth-order valence-electron chi connectivity index (χ4n) is 1.25. The molecule has 82 valence electrons. The highest BCUT2D eigenvalue weighted by Gasteiger charge is 2.44. The maximum Gasteiger partial charge on any atom is 0.239 e. The van der Waals surface area contributed by atoms with Gasteiger partial charge in [0.2, 0.25) is 14.9 Å². The van der Waals surface area contributed by atoms with Gasteiger partial charge in [-0.25, -0.2) is 13.6 Å². The minimum atomic E-state index is -4.19. The van der Waals surface area contributed by atoms with Gasteiger partial charge in [0.1, 0.15) is 0 Å². The first-order valence-corrected chi connectivity index (χ1v) is 5.72. The van der Waals surface area contributed by atoms with Gasteiger partial charge in [-0.3, -0.25) is 4.79 Å². The Kier molecular flexibility index (Phi) is 2.94. The number of benzene rings is 1. The summed E-state index contributed by atoms with van der Waals surface area (Å²) in [7, 11) is -4.19. The van der Waals surface area contributed by atoms with Crippen LogP contribution in [0.1, 0.15) is 12.5 Å². The van der Waals surface area contributed by atoms with E-state index in [9.17, 15) is 13.2 Å². The van der Waals surface area contributed by atoms with E-state index < -0.39 is 20.7 Å². The molecule has 0 aliphatic rings. The van der Waals surface area contributed by atoms with Crippen molar-refractivity contribution in [3.05, 3.63) is 35.9 Å². The largest absolute Gasteiger partial charge is 0.301 e. The van der Waals surface area contributed by atoms with Crippen LogP contribution in [-0.2, 0) is 19.7 Å². The highest BCUT2D eigenvalue weighted by Crippen LogP contribution is 2.23. The lowest BCUT2D eigenvalue weighted by Gasteiger charge is -2.24. The number of sulfonamides is 1. The average Bonchev–Trinajstić information content (AvgIpc) is 2.16. The van der Waals surface area contributed by atoms with E-state index in [4.69, 9.17) is 10.9 Å². The number of primary sulfonamides is 1. The van der Waals surface area contributed by atoms with E-state index in [1.165, 1.54) is 12.1 Å². The van der Waals surface area contributed by atoms with Crippen LogP contribution in [0.4, 0.5) is 0 Å². The molecule has 0 aliphatic heterocycles. The second-order valence-electron chi connectivity index (χ2n) is 3.20. The van der Waals surface area contributed by atoms with E-state index >= 15 is 0 Å². The summed E-state index contributed by atoms with van der Waals surface area (Å²) < 4.78 is 22.7. The summed E-state index contributed by atoms with van der Waals surface area (Å²) in [5.74, 6) is -0.712. The zero-order valence-corrected chi connectivity index (χ0v) is 8.99. The van der Waals surface area contributed by atoms with Gasteiger partial charge < -0.3 is 5.73 Å². The summed E-state index contributed by atoms with van der Waals surface area (Å²) in [5.41, 5.74) is 5.74. The third-order valence-corrected chi connectivity index (χ3v) is 3.60. The molecule has 1 atom stereocenters. The quantitative estimate of drug-likeness (QED) is 0.739. The lowest BCUT2D eigenvalue weighted by Crippen LogP contribution is -2.53. The molecule has 0 aromatic heterocycles. The normalized spacial score (nSPS) is 15.7. The van der Waals surface area contributed by atoms with Gasteiger partial charge in [-0.05, 0) is 12.5 Å². The second kappa shape index (κ2) is 3.73. The molecule has 1 unspecified atom stereocenters. The van der Waals surface area contributed by atoms with Gasteiger partial charge in [-0.1, -0.05) is 30.3 Å². The van der Waals surface area contributed by atoms with Crippen LogP contribution in [0.25, 0.3) is 0 Å². The number of nitrogens with two attached hydrogens (primary N) is 2. The SMILES string of the molecule is CC(=O)C(N)(c1ccccc1)S(N)(=O)=O. The highest BCUT2D eigenvalue weighted by molar-refractivity contribution is 7.90. The predicted octanol–water partition coefficient (Wildman–Crippen LogP) is -0.324. The van der Waals surface area contributed by atoms with Gasteiger partial charge in [0.05, 0.1) is 0 Å². The van der Waals surface area contributed by atoms with Crippen molar-refractivity contribution < 1.29 is 13.2 Å². The number of hydrogen-bond acceptors (Lipinski definition) is 4. The molecule has 15 heavy (non-hydrogen) atoms. The number of carbonyl (C=O) groups excluding carboxylic acids is 1. The van der Waals surface area contributed by atoms with Crippen LogP contribution in [0.5, 0.6) is 0 Å². The van der Waals surface area contributed by atoms with Crippen molar-refractivity contribution in [2.24, 2.45) is 10.9 Å². The Labute approximate surface area is 88.1 Å². The number of Topliss-reactive ketones (excluding diaryl/α,β-unsaturated/α-hetero) is 1. The molecule has 0 saturated heterocycles. The molecule has 0 bridgehead atoms. The third-order valence-electron chi connectivity index (χ3n) is 2.17. The molecule has 0 heterocycles. The smallest absolute Gasteiger partial charge is 0.239 e. The molecular weight excluding hydrogens is 216 g/mol. The maximum atomic E-state index is 11.3. The number of carbonyl (C=O) groups is 1. The summed E-state index contributed by atoms with van der Waals surface area (Å²) in [6.45, 7) is 1.09. The van der Waals surface area contributed by atoms with Crippen molar-refractivity contribution in [2.45, 2.75) is 11.8 Å². The van der Waals surface area contributed by atoms with Crippen LogP contribution in [0.2, 0.25) is 0 Å². The van der Waals surface area contributed by atoms with E-state index in [2.05, 4.69) is 0 Å². The zero-order chi connectivity index (χ0) is 11.7. The molecule has 1 rings (SSSR count). The Balaban J connectivity index is 3.46. The van der Waals surface area contributed by atoms with E-state index in [0.717, 1.165) is 6.92 Å². The lowest BCUT2D eigenvalue weighted by atomic mass is 10.0. The third kappa shape index (κ3) is 1.92. The van der Waals surface area contributed by atoms with Crippen molar-refractivity contribution >= 4 is 15.8 Å². The first-order chi connectivity index (χ1) is 6.80. The monoisotopic (exact) mass is 228 g/mol. The van der Waals surface area contributed by atoms with Crippen LogP contribution in [0.15, 0.2) is 30.3 Å². The molecule has 6 heteroatoms. The molecule has 4 N–H and O–H groups in total. The van der Waals surface area contributed by atoms with E-state index in [0.29, 0.717) is 0 Å². The van der Waals surface area contributed by atoms with Crippen molar-refractivity contribution in [3.8, 4) is 0 Å². The van der Waals surface area contributed by atoms with Crippen molar-refractivity contribution in [3.63, 3.8) is 0 Å². The number of hydrogen-bond donors (Lipinski definition) is 2. The molecular formula is C9H12N2O3S. The first-order valence-electron chi connectivity index (χ1n) is 4.18. The van der Waals surface area contributed by atoms with Crippen molar-refractivity contribution in [2.75, 3.05) is 0 Å². The van der Waals surface area contributed by atoms with Crippen molar-refractivity contribution in [1.29, 1.82) is 0 Å². The van der Waals surface area contributed by atoms with Gasteiger partial charge in [0, 0.05) is 0 Å². The Morgan fingerprint density at radius 1 is 1.27 bits per heavy atom. The van der Waals surface area contributed by atoms with Gasteiger partial charge in [0.25, 0.3) is 0 Å². The van der Waals surface area contributed by atoms with Crippen molar-refractivity contribution in [1.82, 2.24) is 0 Å². The standard InChI is InChI=1S/C9H12N2O3S/c1-7(12)9(10,15(11,13)14)8-5-3-2-4-6-8/h2-6H,10H2,1H3,(H2,11,13,14). The molecule has 5 nitrogen and oxygen atoms in total. The first kappa shape index (κ1) is 11.8. The average molecular weight is 228 g/mol. The Morgan fingerprint density at radius 3 is 2.07 bits per heavy atom. The fraction of sp³-hybridized carbons (Fsp3) is 0.222. The highest BCUT2D eigenvalue weighted by atomic mass is 32.2. The molecule has 0 amide bonds. The second-order valence-corrected chi connectivity index (χ2v) is 4.94. The topological polar surface area (TPSA) is 103 Å². The van der Waals surface area contributed by atoms with Gasteiger partial charge in [-0.15, -0.1) is 0 Å². The minimum Gasteiger partial charge on any atom is -0.301 e. The summed E-state index contributed by atoms with van der Waals surface area (Å²) in [6.07, 6.45) is 0. The van der Waals surface area contributed by atoms with Crippen LogP contribution >= 0.6 is 0 Å². The van der Waals surface area contributed by atoms with Gasteiger partial charge in [0.15, 0.2) is 5.78 Å². The maximum absolute atomic E-state index is 11.3. The summed E-state index contributed by atoms with van der Waals surface area (Å²) in [6, 6.07) is 7.76. The van der Waals surface area contributed by atoms with Crippen LogP contribution in [0.3, 0.4) is 0 Å². The van der Waals surface area contributed by atoms with Crippen LogP contribution < -0.4 is 10.9 Å². The minimum absolute atomic E-state index is 0.167. The lowest BCUT2D eigenvalue weighted by molar-refractivity contribution is -0.119. The molecule has 1 aromatic rings. The number of ketones is 1. The Hall–Kier alpha value is -1.24. The fourth-order valence-corrected chi connectivity index (χ4v) is 2.12. The van der Waals surface area contributed by atoms with E-state index in [1.807, 2.05) is 0 Å². The van der Waals surface area contributed by atoms with E-state index in [1.54, 1.807) is 18.2 Å².